The van der Waals surface area contributed by atoms with Gasteiger partial charge in [-0.25, -0.2) is 0 Å². The molecule has 0 bridgehead atoms. The van der Waals surface area contributed by atoms with Crippen LogP contribution in [0.25, 0.3) is 0 Å². The van der Waals surface area contributed by atoms with Gasteiger partial charge in [0.05, 0.1) is 18.3 Å². The fraction of sp³-hybridized carbons (Fsp3) is 0.714. The largest absolute Gasteiger partial charge is 0.481 e. The van der Waals surface area contributed by atoms with Gasteiger partial charge in [0.25, 0.3) is 0 Å². The molecule has 0 aromatic rings. The van der Waals surface area contributed by atoms with Crippen LogP contribution in [0.2, 0.25) is 0 Å². The maximum atomic E-state index is 13.8. The van der Waals surface area contributed by atoms with Gasteiger partial charge in [0.15, 0.2) is 0 Å². The van der Waals surface area contributed by atoms with Crippen LogP contribution in [0, 0.1) is 0 Å². The zero-order chi connectivity index (χ0) is 44.9. The van der Waals surface area contributed by atoms with Crippen LogP contribution < -0.4 is 43.8 Å². The Morgan fingerprint density at radius 2 is 1.10 bits per heavy atom. The van der Waals surface area contributed by atoms with Crippen LogP contribution in [0.15, 0.2) is 0 Å². The molecule has 0 aromatic heterocycles. The van der Waals surface area contributed by atoms with E-state index in [-0.39, 0.29) is 19.5 Å². The van der Waals surface area contributed by atoms with E-state index >= 15 is 0 Å². The molecule has 2 aliphatic rings. The van der Waals surface area contributed by atoms with Gasteiger partial charge in [-0.3, -0.25) is 47.9 Å². The lowest BCUT2D eigenvalue weighted by Gasteiger charge is -2.34. The van der Waals surface area contributed by atoms with Crippen LogP contribution in [0.3, 0.4) is 0 Å². The fourth-order valence-electron chi connectivity index (χ4n) is 6.53. The summed E-state index contributed by atoms with van der Waals surface area (Å²) in [7, 11) is 0. The first-order valence-corrected chi connectivity index (χ1v) is 19.2. The third-order valence-corrected chi connectivity index (χ3v) is 9.96. The van der Waals surface area contributed by atoms with Crippen LogP contribution >= 0.6 is 0 Å². The highest BCUT2D eigenvalue weighted by Gasteiger charge is 2.44. The molecular weight excluding hydrogens is 784 g/mol. The average Bonchev–Trinajstić information content (AvgIpc) is 3.85. The predicted octanol–water partition coefficient (Wildman–Crippen LogP) is -6.50. The topological polar surface area (TPSA) is 396 Å². The number of primary amides is 2. The van der Waals surface area contributed by atoms with Gasteiger partial charge < -0.3 is 74.0 Å². The molecule has 2 fully saturated rings. The molecule has 24 heteroatoms. The van der Waals surface area contributed by atoms with Crippen molar-refractivity contribution in [2.24, 2.45) is 17.2 Å². The molecule has 2 heterocycles. The van der Waals surface area contributed by atoms with Crippen LogP contribution in [0.1, 0.15) is 79.1 Å². The predicted molar refractivity (Wildman–Crippen MR) is 202 cm³/mol. The molecule has 11 atom stereocenters. The molecule has 332 valence electrons. The Hall–Kier alpha value is -5.46. The number of aliphatic carboxylic acids is 1. The van der Waals surface area contributed by atoms with E-state index in [0.717, 1.165) is 6.92 Å². The first-order chi connectivity index (χ1) is 27.5. The minimum Gasteiger partial charge on any atom is -0.481 e. The number of carboxylic acids is 1. The lowest BCUT2D eigenvalue weighted by molar-refractivity contribution is -0.149. The van der Waals surface area contributed by atoms with E-state index in [1.54, 1.807) is 0 Å². The second-order valence-corrected chi connectivity index (χ2v) is 14.8. The van der Waals surface area contributed by atoms with Crippen molar-refractivity contribution < 1.29 is 68.4 Å². The molecule has 0 radical (unpaired) electrons. The zero-order valence-electron chi connectivity index (χ0n) is 33.4. The number of likely N-dealkylation sites (tertiary alicyclic amines) is 2. The second-order valence-electron chi connectivity index (χ2n) is 14.8. The number of carboxylic acid groups (broad SMARTS) is 1. The molecule has 15 N–H and O–H groups in total. The molecular formula is C35H58N10O14. The Morgan fingerprint density at radius 3 is 1.61 bits per heavy atom. The second kappa shape index (κ2) is 22.6. The van der Waals surface area contributed by atoms with Crippen molar-refractivity contribution in [1.29, 1.82) is 0 Å². The van der Waals surface area contributed by atoms with E-state index in [0.29, 0.717) is 19.3 Å². The summed E-state index contributed by atoms with van der Waals surface area (Å²) in [6.45, 7) is 5.03. The van der Waals surface area contributed by atoms with Crippen molar-refractivity contribution in [3.05, 3.63) is 0 Å². The Bertz CT molecular complexity index is 1590. The number of rotatable bonds is 22. The van der Waals surface area contributed by atoms with Gasteiger partial charge in [-0.15, -0.1) is 0 Å². The van der Waals surface area contributed by atoms with Crippen molar-refractivity contribution in [2.75, 3.05) is 13.1 Å². The Labute approximate surface area is 339 Å². The van der Waals surface area contributed by atoms with Crippen molar-refractivity contribution in [3.63, 3.8) is 0 Å². The number of nitrogens with two attached hydrogens (primary N) is 3. The zero-order valence-corrected chi connectivity index (χ0v) is 33.4. The molecule has 2 rings (SSSR count). The highest BCUT2D eigenvalue weighted by atomic mass is 16.4. The molecule has 9 amide bonds. The first-order valence-electron chi connectivity index (χ1n) is 19.2. The minimum atomic E-state index is -1.83. The number of carbonyl (C=O) groups excluding carboxylic acids is 9. The van der Waals surface area contributed by atoms with Crippen LogP contribution in [-0.4, -0.2) is 169 Å². The van der Waals surface area contributed by atoms with E-state index in [9.17, 15) is 63.3 Å². The summed E-state index contributed by atoms with van der Waals surface area (Å²) in [6, 6.07) is -11.5. The van der Waals surface area contributed by atoms with Crippen LogP contribution in [0.5, 0.6) is 0 Å². The van der Waals surface area contributed by atoms with E-state index in [1.165, 1.54) is 30.6 Å². The fourth-order valence-corrected chi connectivity index (χ4v) is 6.53. The van der Waals surface area contributed by atoms with Gasteiger partial charge in [-0.2, -0.15) is 0 Å². The van der Waals surface area contributed by atoms with Crippen LogP contribution in [0.4, 0.5) is 0 Å². The van der Waals surface area contributed by atoms with Gasteiger partial charge in [-0.05, 0) is 66.2 Å². The number of nitrogens with zero attached hydrogens (tertiary/aromatic N) is 2. The third-order valence-electron chi connectivity index (χ3n) is 9.96. The molecule has 0 aliphatic carbocycles. The van der Waals surface area contributed by atoms with E-state index in [4.69, 9.17) is 22.3 Å². The van der Waals surface area contributed by atoms with Crippen molar-refractivity contribution in [3.8, 4) is 0 Å². The molecule has 2 aliphatic heterocycles. The highest BCUT2D eigenvalue weighted by Crippen LogP contribution is 2.26. The highest BCUT2D eigenvalue weighted by molar-refractivity contribution is 5.98. The lowest BCUT2D eigenvalue weighted by Crippen LogP contribution is -2.63. The summed E-state index contributed by atoms with van der Waals surface area (Å²) in [6.07, 6.45) is -4.94. The van der Waals surface area contributed by atoms with Crippen molar-refractivity contribution in [1.82, 2.24) is 36.4 Å². The molecule has 0 unspecified atom stereocenters. The summed E-state index contributed by atoms with van der Waals surface area (Å²) in [5, 5.41) is 51.2. The van der Waals surface area contributed by atoms with E-state index in [2.05, 4.69) is 26.6 Å². The summed E-state index contributed by atoms with van der Waals surface area (Å²) < 4.78 is 0. The number of hydrogen-bond acceptors (Lipinski definition) is 14. The Balaban J connectivity index is 2.22. The standard InChI is InChI=1S/C35H58N10O14/c1-15(39-30(54)20(10-12-24(50)51)41-32(56)25(37)16(2)46)29(53)40-19(9-11-23(36)49)31(55)42-26(17(3)47)33(57)43-27(18(4)48)35(59)45-14-6-8-22(45)34(58)44-13-5-7-21(44)28(38)52/h15-22,25-27,46-48H,5-14,37H2,1-4H3,(H2,36,49)(H2,38,52)(H,39,54)(H,40,53)(H,41,56)(H,42,55)(H,43,57)(H,50,51)/t15-,16+,17+,18+,19-,20-,21-,22-,25-,26-,27-/m0/s1. The van der Waals surface area contributed by atoms with Crippen molar-refractivity contribution in [2.45, 2.75) is 146 Å². The van der Waals surface area contributed by atoms with E-state index < -0.39 is 151 Å². The maximum absolute atomic E-state index is 13.8. The molecule has 59 heavy (non-hydrogen) atoms. The smallest absolute Gasteiger partial charge is 0.303 e. The van der Waals surface area contributed by atoms with Gasteiger partial charge in [0, 0.05) is 25.9 Å². The summed E-state index contributed by atoms with van der Waals surface area (Å²) in [4.78, 5) is 130. The summed E-state index contributed by atoms with van der Waals surface area (Å²) in [5.41, 5.74) is 16.3. The normalized spacial score (nSPS) is 20.9. The number of carbonyl (C=O) groups is 10. The quantitative estimate of drug-likeness (QED) is 0.0482. The van der Waals surface area contributed by atoms with E-state index in [1.807, 2.05) is 0 Å². The maximum Gasteiger partial charge on any atom is 0.303 e. The monoisotopic (exact) mass is 842 g/mol. The number of nitrogens with one attached hydrogen (secondary N) is 5. The molecule has 2 saturated heterocycles. The number of hydrogen-bond donors (Lipinski definition) is 12. The number of amides is 9. The molecule has 0 spiro atoms. The van der Waals surface area contributed by atoms with Crippen molar-refractivity contribution >= 4 is 59.1 Å². The lowest BCUT2D eigenvalue weighted by atomic mass is 10.1. The molecule has 0 aromatic carbocycles. The van der Waals surface area contributed by atoms with Gasteiger partial charge >= 0.3 is 5.97 Å². The SMILES string of the molecule is C[C@H](NC(=O)[C@H](CCC(=O)O)NC(=O)[C@@H](N)[C@@H](C)O)C(=O)N[C@@H](CCC(N)=O)C(=O)N[C@H](C(=O)N[C@H](C(=O)N1CCC[C@H]1C(=O)N1CCC[C@H]1C(N)=O)[C@@H](C)O)[C@@H](C)O. The first kappa shape index (κ1) is 49.7. The molecule has 24 nitrogen and oxygen atoms in total. The summed E-state index contributed by atoms with van der Waals surface area (Å²) >= 11 is 0. The van der Waals surface area contributed by atoms with Gasteiger partial charge in [0.1, 0.15) is 48.3 Å². The van der Waals surface area contributed by atoms with Gasteiger partial charge in [-0.1, -0.05) is 0 Å². The number of aliphatic hydroxyl groups is 3. The Kier molecular flexibility index (Phi) is 19.1. The summed E-state index contributed by atoms with van der Waals surface area (Å²) in [5.74, 6) is -9.58. The van der Waals surface area contributed by atoms with Gasteiger partial charge in [0.2, 0.25) is 53.2 Å². The Morgan fingerprint density at radius 1 is 0.610 bits per heavy atom. The van der Waals surface area contributed by atoms with Crippen LogP contribution in [-0.2, 0) is 47.9 Å². The minimum absolute atomic E-state index is 0.0783. The third kappa shape index (κ3) is 14.4. The number of aliphatic hydroxyl groups excluding tert-OH is 3. The average molecular weight is 843 g/mol. The molecule has 0 saturated carbocycles.